The molecule has 19 heavy (non-hydrogen) atoms. The number of ketones is 1. The first-order valence-corrected chi connectivity index (χ1v) is 6.85. The molecule has 0 radical (unpaired) electrons. The molecule has 3 heteroatoms. The Kier molecular flexibility index (Phi) is 4.02. The Morgan fingerprint density at radius 2 is 1.74 bits per heavy atom. The van der Waals surface area contributed by atoms with Gasteiger partial charge >= 0.3 is 0 Å². The molecule has 0 amide bonds. The van der Waals surface area contributed by atoms with Crippen LogP contribution in [-0.4, -0.2) is 11.7 Å². The maximum atomic E-state index is 13.1. The van der Waals surface area contributed by atoms with Gasteiger partial charge in [-0.25, -0.2) is 8.78 Å². The minimum atomic E-state index is -2.56. The Labute approximate surface area is 113 Å². The van der Waals surface area contributed by atoms with Crippen molar-refractivity contribution < 1.29 is 13.6 Å². The van der Waals surface area contributed by atoms with Gasteiger partial charge in [-0.15, -0.1) is 0 Å². The van der Waals surface area contributed by atoms with Gasteiger partial charge in [0.15, 0.2) is 0 Å². The molecule has 1 aliphatic carbocycles. The number of alkyl halides is 2. The van der Waals surface area contributed by atoms with Crippen LogP contribution in [0.2, 0.25) is 0 Å². The Hall–Kier alpha value is -1.25. The molecule has 0 spiro atoms. The summed E-state index contributed by atoms with van der Waals surface area (Å²) < 4.78 is 26.2. The molecule has 1 aliphatic rings. The molecule has 104 valence electrons. The monoisotopic (exact) mass is 266 g/mol. The van der Waals surface area contributed by atoms with E-state index < -0.39 is 5.92 Å². The quantitative estimate of drug-likeness (QED) is 0.799. The first-order chi connectivity index (χ1) is 8.89. The van der Waals surface area contributed by atoms with Crippen molar-refractivity contribution in [3.63, 3.8) is 0 Å². The summed E-state index contributed by atoms with van der Waals surface area (Å²) in [6.45, 7) is 3.98. The number of hydrogen-bond donors (Lipinski definition) is 0. The first-order valence-electron chi connectivity index (χ1n) is 6.85. The number of rotatable bonds is 3. The van der Waals surface area contributed by atoms with Crippen LogP contribution in [0.3, 0.4) is 0 Å². The molecule has 1 saturated carbocycles. The van der Waals surface area contributed by atoms with E-state index >= 15 is 0 Å². The van der Waals surface area contributed by atoms with Gasteiger partial charge in [-0.2, -0.15) is 0 Å². The van der Waals surface area contributed by atoms with Crippen LogP contribution in [0.4, 0.5) is 8.78 Å². The molecule has 1 aromatic carbocycles. The molecule has 0 aromatic heterocycles. The molecule has 0 saturated heterocycles. The van der Waals surface area contributed by atoms with Crippen molar-refractivity contribution in [2.75, 3.05) is 0 Å². The number of halogens is 2. The van der Waals surface area contributed by atoms with Crippen LogP contribution in [0.5, 0.6) is 0 Å². The summed E-state index contributed by atoms with van der Waals surface area (Å²) >= 11 is 0. The smallest absolute Gasteiger partial charge is 0.248 e. The third-order valence-corrected chi connectivity index (χ3v) is 4.17. The van der Waals surface area contributed by atoms with Gasteiger partial charge in [-0.3, -0.25) is 4.79 Å². The van der Waals surface area contributed by atoms with Crippen molar-refractivity contribution in [2.45, 2.75) is 51.9 Å². The Balaban J connectivity index is 2.02. The maximum Gasteiger partial charge on any atom is 0.248 e. The zero-order valence-electron chi connectivity index (χ0n) is 11.5. The topological polar surface area (TPSA) is 17.1 Å². The van der Waals surface area contributed by atoms with Gasteiger partial charge in [0.1, 0.15) is 5.78 Å². The van der Waals surface area contributed by atoms with E-state index in [1.54, 1.807) is 0 Å². The molecule has 0 unspecified atom stereocenters. The highest BCUT2D eigenvalue weighted by Gasteiger charge is 2.37. The van der Waals surface area contributed by atoms with Gasteiger partial charge in [0, 0.05) is 25.2 Å². The summed E-state index contributed by atoms with van der Waals surface area (Å²) in [6.07, 6.45) is 0.759. The van der Waals surface area contributed by atoms with Gasteiger partial charge in [-0.1, -0.05) is 18.2 Å². The zero-order valence-corrected chi connectivity index (χ0v) is 11.5. The summed E-state index contributed by atoms with van der Waals surface area (Å²) in [5, 5.41) is 0. The molecule has 2 rings (SSSR count). The Morgan fingerprint density at radius 1 is 1.21 bits per heavy atom. The standard InChI is InChI=1S/C16H20F2O/c1-11-4-3-5-12(2)14(11)10-15(19)13-6-8-16(17,18)9-7-13/h3-5,13H,6-10H2,1-2H3. The average molecular weight is 266 g/mol. The van der Waals surface area contributed by atoms with Gasteiger partial charge < -0.3 is 0 Å². The van der Waals surface area contributed by atoms with E-state index in [9.17, 15) is 13.6 Å². The largest absolute Gasteiger partial charge is 0.299 e. The normalized spacial score (nSPS) is 19.4. The van der Waals surface area contributed by atoms with Gasteiger partial charge in [0.2, 0.25) is 5.92 Å². The lowest BCUT2D eigenvalue weighted by molar-refractivity contribution is -0.126. The second-order valence-corrected chi connectivity index (χ2v) is 5.64. The first kappa shape index (κ1) is 14.2. The molecule has 0 bridgehead atoms. The molecule has 0 heterocycles. The summed E-state index contributed by atoms with van der Waals surface area (Å²) in [4.78, 5) is 12.2. The SMILES string of the molecule is Cc1cccc(C)c1CC(=O)C1CCC(F)(F)CC1. The number of aryl methyl sites for hydroxylation is 2. The Bertz CT molecular complexity index is 449. The predicted molar refractivity (Wildman–Crippen MR) is 71.5 cm³/mol. The molecular formula is C16H20F2O. The number of benzene rings is 1. The Morgan fingerprint density at radius 3 is 2.26 bits per heavy atom. The van der Waals surface area contributed by atoms with Crippen LogP contribution in [-0.2, 0) is 11.2 Å². The van der Waals surface area contributed by atoms with E-state index in [2.05, 4.69) is 0 Å². The number of carbonyl (C=O) groups excluding carboxylic acids is 1. The van der Waals surface area contributed by atoms with Crippen molar-refractivity contribution >= 4 is 5.78 Å². The highest BCUT2D eigenvalue weighted by atomic mass is 19.3. The van der Waals surface area contributed by atoms with Crippen LogP contribution >= 0.6 is 0 Å². The summed E-state index contributed by atoms with van der Waals surface area (Å²) in [5.41, 5.74) is 3.27. The molecule has 0 atom stereocenters. The van der Waals surface area contributed by atoms with E-state index in [1.165, 1.54) is 0 Å². The van der Waals surface area contributed by atoms with Crippen molar-refractivity contribution in [2.24, 2.45) is 5.92 Å². The lowest BCUT2D eigenvalue weighted by Gasteiger charge is -2.27. The lowest BCUT2D eigenvalue weighted by Crippen LogP contribution is -2.29. The van der Waals surface area contributed by atoms with E-state index in [0.29, 0.717) is 19.3 Å². The van der Waals surface area contributed by atoms with Gasteiger partial charge in [0.25, 0.3) is 0 Å². The van der Waals surface area contributed by atoms with Gasteiger partial charge in [-0.05, 0) is 43.4 Å². The number of Topliss-reactive ketones (excluding diaryl/α,β-unsaturated/α-hetero) is 1. The summed E-state index contributed by atoms with van der Waals surface area (Å²) in [6, 6.07) is 5.95. The van der Waals surface area contributed by atoms with Crippen molar-refractivity contribution in [1.29, 1.82) is 0 Å². The molecule has 1 aromatic rings. The lowest BCUT2D eigenvalue weighted by atomic mass is 9.81. The van der Waals surface area contributed by atoms with Crippen LogP contribution in [0, 0.1) is 19.8 Å². The minimum absolute atomic E-state index is 0.118. The second kappa shape index (κ2) is 5.40. The van der Waals surface area contributed by atoms with E-state index in [4.69, 9.17) is 0 Å². The fraction of sp³-hybridized carbons (Fsp3) is 0.562. The van der Waals surface area contributed by atoms with Crippen molar-refractivity contribution in [3.8, 4) is 0 Å². The van der Waals surface area contributed by atoms with Gasteiger partial charge in [0.05, 0.1) is 0 Å². The van der Waals surface area contributed by atoms with Crippen LogP contribution in [0.1, 0.15) is 42.4 Å². The molecule has 1 nitrogen and oxygen atoms in total. The number of hydrogen-bond acceptors (Lipinski definition) is 1. The third kappa shape index (κ3) is 3.40. The predicted octanol–water partition coefficient (Wildman–Crippen LogP) is 4.24. The molecule has 1 fully saturated rings. The highest BCUT2D eigenvalue weighted by molar-refractivity contribution is 5.84. The summed E-state index contributed by atoms with van der Waals surface area (Å²) in [7, 11) is 0. The minimum Gasteiger partial charge on any atom is -0.299 e. The van der Waals surface area contributed by atoms with Crippen LogP contribution in [0.15, 0.2) is 18.2 Å². The molecule has 0 aliphatic heterocycles. The zero-order chi connectivity index (χ0) is 14.0. The maximum absolute atomic E-state index is 13.1. The summed E-state index contributed by atoms with van der Waals surface area (Å²) in [5.74, 6) is -2.62. The van der Waals surface area contributed by atoms with E-state index in [1.807, 2.05) is 32.0 Å². The third-order valence-electron chi connectivity index (χ3n) is 4.17. The fourth-order valence-electron chi connectivity index (χ4n) is 2.81. The van der Waals surface area contributed by atoms with E-state index in [0.717, 1.165) is 16.7 Å². The molecular weight excluding hydrogens is 246 g/mol. The average Bonchev–Trinajstić information content (AvgIpc) is 2.33. The van der Waals surface area contributed by atoms with Crippen LogP contribution < -0.4 is 0 Å². The fourth-order valence-corrected chi connectivity index (χ4v) is 2.81. The van der Waals surface area contributed by atoms with Crippen molar-refractivity contribution in [1.82, 2.24) is 0 Å². The second-order valence-electron chi connectivity index (χ2n) is 5.64. The van der Waals surface area contributed by atoms with Crippen LogP contribution in [0.25, 0.3) is 0 Å². The van der Waals surface area contributed by atoms with Crippen molar-refractivity contribution in [3.05, 3.63) is 34.9 Å². The highest BCUT2D eigenvalue weighted by Crippen LogP contribution is 2.37. The molecule has 0 N–H and O–H groups in total. The van der Waals surface area contributed by atoms with E-state index in [-0.39, 0.29) is 24.5 Å². The number of carbonyl (C=O) groups is 1.